The fourth-order valence-electron chi connectivity index (χ4n) is 4.74. The number of carbonyl (C=O) groups excluding carboxylic acids is 2. The second kappa shape index (κ2) is 6.12. The highest BCUT2D eigenvalue weighted by molar-refractivity contribution is 5.95. The molecular weight excluding hydrogens is 342 g/mol. The van der Waals surface area contributed by atoms with Gasteiger partial charge in [-0.2, -0.15) is 0 Å². The highest BCUT2D eigenvalue weighted by atomic mass is 16.6. The number of amides is 2. The van der Waals surface area contributed by atoms with Crippen molar-refractivity contribution >= 4 is 12.0 Å². The summed E-state index contributed by atoms with van der Waals surface area (Å²) in [6, 6.07) is 13.7. The van der Waals surface area contributed by atoms with Crippen LogP contribution in [0.5, 0.6) is 5.75 Å². The molecule has 2 aromatic carbocycles. The van der Waals surface area contributed by atoms with Crippen molar-refractivity contribution in [3.8, 4) is 5.75 Å². The fraction of sp³-hybridized carbons (Fsp3) is 0.364. The molecule has 0 radical (unpaired) electrons. The summed E-state index contributed by atoms with van der Waals surface area (Å²) in [6.45, 7) is 0. The third-order valence-electron chi connectivity index (χ3n) is 6.10. The van der Waals surface area contributed by atoms with Gasteiger partial charge in [-0.1, -0.05) is 30.3 Å². The van der Waals surface area contributed by atoms with Crippen molar-refractivity contribution in [3.63, 3.8) is 0 Å². The SMILES string of the molecule is COc1ccc2c(c1)CC[C@H](C(=O)N1C(=O)O[C@H]3Cc4ccccc4[C@H]31)C2. The van der Waals surface area contributed by atoms with Crippen LogP contribution in [0.3, 0.4) is 0 Å². The number of carbonyl (C=O) groups is 2. The van der Waals surface area contributed by atoms with Crippen LogP contribution in [0, 0.1) is 5.92 Å². The highest BCUT2D eigenvalue weighted by Gasteiger charge is 2.51. The number of ether oxygens (including phenoxy) is 2. The van der Waals surface area contributed by atoms with Crippen molar-refractivity contribution in [2.45, 2.75) is 37.8 Å². The number of fused-ring (bicyclic) bond motifs is 4. The maximum atomic E-state index is 13.3. The first-order valence-corrected chi connectivity index (χ1v) is 9.43. The first kappa shape index (κ1) is 16.4. The van der Waals surface area contributed by atoms with Crippen molar-refractivity contribution in [1.29, 1.82) is 0 Å². The number of rotatable bonds is 2. The van der Waals surface area contributed by atoms with Gasteiger partial charge in [0.2, 0.25) is 5.91 Å². The number of nitrogens with zero attached hydrogens (tertiary/aromatic N) is 1. The molecule has 27 heavy (non-hydrogen) atoms. The highest BCUT2D eigenvalue weighted by Crippen LogP contribution is 2.44. The van der Waals surface area contributed by atoms with Crippen LogP contribution in [0.4, 0.5) is 4.79 Å². The van der Waals surface area contributed by atoms with Gasteiger partial charge in [-0.25, -0.2) is 9.69 Å². The zero-order valence-corrected chi connectivity index (χ0v) is 15.2. The number of methoxy groups -OCH3 is 1. The summed E-state index contributed by atoms with van der Waals surface area (Å²) >= 11 is 0. The predicted octanol–water partition coefficient (Wildman–Crippen LogP) is 3.44. The van der Waals surface area contributed by atoms with E-state index in [9.17, 15) is 9.59 Å². The third kappa shape index (κ3) is 2.52. The molecule has 2 aromatic rings. The van der Waals surface area contributed by atoms with Crippen LogP contribution in [0.25, 0.3) is 0 Å². The molecule has 5 rings (SSSR count). The van der Waals surface area contributed by atoms with E-state index < -0.39 is 6.09 Å². The molecule has 3 aliphatic rings. The zero-order chi connectivity index (χ0) is 18.5. The monoisotopic (exact) mass is 363 g/mol. The van der Waals surface area contributed by atoms with Crippen LogP contribution in [0.1, 0.15) is 34.7 Å². The first-order chi connectivity index (χ1) is 13.2. The van der Waals surface area contributed by atoms with Gasteiger partial charge in [-0.3, -0.25) is 4.79 Å². The Hall–Kier alpha value is -2.82. The van der Waals surface area contributed by atoms with E-state index in [1.54, 1.807) is 7.11 Å². The molecule has 5 nitrogen and oxygen atoms in total. The Morgan fingerprint density at radius 1 is 1.11 bits per heavy atom. The maximum absolute atomic E-state index is 13.3. The molecule has 2 aliphatic carbocycles. The number of benzene rings is 2. The molecule has 1 saturated heterocycles. The topological polar surface area (TPSA) is 55.8 Å². The molecule has 0 aromatic heterocycles. The Labute approximate surface area is 157 Å². The van der Waals surface area contributed by atoms with Gasteiger partial charge < -0.3 is 9.47 Å². The molecule has 5 heteroatoms. The van der Waals surface area contributed by atoms with Crippen LogP contribution in [0.15, 0.2) is 42.5 Å². The number of imide groups is 1. The summed E-state index contributed by atoms with van der Waals surface area (Å²) in [5.74, 6) is 0.544. The molecule has 0 unspecified atom stereocenters. The molecule has 1 aliphatic heterocycles. The maximum Gasteiger partial charge on any atom is 0.417 e. The molecule has 0 N–H and O–H groups in total. The fourth-order valence-corrected chi connectivity index (χ4v) is 4.74. The Balaban J connectivity index is 1.41. The van der Waals surface area contributed by atoms with E-state index >= 15 is 0 Å². The Morgan fingerprint density at radius 2 is 1.96 bits per heavy atom. The Morgan fingerprint density at radius 3 is 2.81 bits per heavy atom. The van der Waals surface area contributed by atoms with E-state index in [4.69, 9.17) is 9.47 Å². The lowest BCUT2D eigenvalue weighted by atomic mass is 9.83. The Bertz CT molecular complexity index is 938. The van der Waals surface area contributed by atoms with Crippen LogP contribution in [-0.2, 0) is 28.8 Å². The minimum absolute atomic E-state index is 0.106. The van der Waals surface area contributed by atoms with Crippen molar-refractivity contribution in [1.82, 2.24) is 4.90 Å². The Kier molecular flexibility index (Phi) is 3.71. The van der Waals surface area contributed by atoms with E-state index in [0.717, 1.165) is 29.7 Å². The van der Waals surface area contributed by atoms with E-state index in [2.05, 4.69) is 0 Å². The number of aryl methyl sites for hydroxylation is 1. The second-order valence-corrected chi connectivity index (χ2v) is 7.55. The predicted molar refractivity (Wildman–Crippen MR) is 98.5 cm³/mol. The van der Waals surface area contributed by atoms with Gasteiger partial charge in [0.15, 0.2) is 0 Å². The molecular formula is C22H21NO4. The second-order valence-electron chi connectivity index (χ2n) is 7.55. The quantitative estimate of drug-likeness (QED) is 0.820. The summed E-state index contributed by atoms with van der Waals surface area (Å²) in [7, 11) is 1.66. The van der Waals surface area contributed by atoms with Gasteiger partial charge >= 0.3 is 6.09 Å². The first-order valence-electron chi connectivity index (χ1n) is 9.43. The molecule has 2 amide bonds. The third-order valence-corrected chi connectivity index (χ3v) is 6.10. The average molecular weight is 363 g/mol. The van der Waals surface area contributed by atoms with Gasteiger partial charge in [0.05, 0.1) is 7.11 Å². The van der Waals surface area contributed by atoms with Crippen LogP contribution in [0.2, 0.25) is 0 Å². The lowest BCUT2D eigenvalue weighted by Crippen LogP contribution is -2.40. The summed E-state index contributed by atoms with van der Waals surface area (Å²) in [5.41, 5.74) is 4.60. The summed E-state index contributed by atoms with van der Waals surface area (Å²) in [4.78, 5) is 27.2. The normalized spacial score (nSPS) is 25.4. The van der Waals surface area contributed by atoms with Gasteiger partial charge in [-0.15, -0.1) is 0 Å². The number of hydrogen-bond donors (Lipinski definition) is 0. The van der Waals surface area contributed by atoms with E-state index in [-0.39, 0.29) is 24.0 Å². The minimum Gasteiger partial charge on any atom is -0.497 e. The van der Waals surface area contributed by atoms with Gasteiger partial charge in [0, 0.05) is 12.3 Å². The van der Waals surface area contributed by atoms with E-state index in [1.807, 2.05) is 42.5 Å². The van der Waals surface area contributed by atoms with Crippen molar-refractivity contribution in [2.75, 3.05) is 7.11 Å². The van der Waals surface area contributed by atoms with Crippen LogP contribution >= 0.6 is 0 Å². The lowest BCUT2D eigenvalue weighted by Gasteiger charge is -2.28. The largest absolute Gasteiger partial charge is 0.497 e. The molecule has 1 fully saturated rings. The van der Waals surface area contributed by atoms with Gasteiger partial charge in [0.25, 0.3) is 0 Å². The molecule has 3 atom stereocenters. The summed E-state index contributed by atoms with van der Waals surface area (Å²) in [6.07, 6.45) is 2.15. The standard InChI is InChI=1S/C22H21NO4/c1-26-17-9-8-13-10-16(7-6-14(13)11-17)21(24)23-20-18-5-3-2-4-15(18)12-19(20)27-22(23)25/h2-5,8-9,11,16,19-20H,6-7,10,12H2,1H3/t16-,19-,20+/m0/s1. The molecule has 138 valence electrons. The molecule has 1 heterocycles. The van der Waals surface area contributed by atoms with Gasteiger partial charge in [-0.05, 0) is 53.6 Å². The van der Waals surface area contributed by atoms with E-state index in [0.29, 0.717) is 12.8 Å². The van der Waals surface area contributed by atoms with E-state index in [1.165, 1.54) is 16.0 Å². The molecule has 0 bridgehead atoms. The van der Waals surface area contributed by atoms with Crippen LogP contribution in [-0.4, -0.2) is 30.1 Å². The minimum atomic E-state index is -0.495. The lowest BCUT2D eigenvalue weighted by molar-refractivity contribution is -0.134. The average Bonchev–Trinajstić information content (AvgIpc) is 3.20. The van der Waals surface area contributed by atoms with Crippen molar-refractivity contribution < 1.29 is 19.1 Å². The zero-order valence-electron chi connectivity index (χ0n) is 15.2. The smallest absolute Gasteiger partial charge is 0.417 e. The summed E-state index contributed by atoms with van der Waals surface area (Å²) < 4.78 is 10.8. The van der Waals surface area contributed by atoms with Crippen molar-refractivity contribution in [3.05, 3.63) is 64.7 Å². The summed E-state index contributed by atoms with van der Waals surface area (Å²) in [5, 5.41) is 0. The number of hydrogen-bond acceptors (Lipinski definition) is 4. The molecule has 0 spiro atoms. The molecule has 0 saturated carbocycles. The van der Waals surface area contributed by atoms with Gasteiger partial charge in [0.1, 0.15) is 17.9 Å². The van der Waals surface area contributed by atoms with Crippen LogP contribution < -0.4 is 4.74 Å². The van der Waals surface area contributed by atoms with Crippen molar-refractivity contribution in [2.24, 2.45) is 5.92 Å².